The van der Waals surface area contributed by atoms with Crippen LogP contribution in [0.1, 0.15) is 38.2 Å². The van der Waals surface area contributed by atoms with Crippen molar-refractivity contribution in [3.8, 4) is 0 Å². The summed E-state index contributed by atoms with van der Waals surface area (Å²) < 4.78 is 5.85. The van der Waals surface area contributed by atoms with Crippen molar-refractivity contribution in [3.05, 3.63) is 38.9 Å². The van der Waals surface area contributed by atoms with Crippen molar-refractivity contribution in [2.45, 2.75) is 51.4 Å². The predicted molar refractivity (Wildman–Crippen MR) is 82.6 cm³/mol. The van der Waals surface area contributed by atoms with Gasteiger partial charge < -0.3 is 10.1 Å². The van der Waals surface area contributed by atoms with E-state index in [-0.39, 0.29) is 18.4 Å². The first-order chi connectivity index (χ1) is 10.1. The third kappa shape index (κ3) is 4.66. The van der Waals surface area contributed by atoms with E-state index in [1.807, 2.05) is 0 Å². The SMILES string of the molecule is CCNC1CCC(OCc2cc(Cl)ccc2[N+](=O)[O-])CC1. The number of hydrogen-bond acceptors (Lipinski definition) is 4. The van der Waals surface area contributed by atoms with Crippen molar-refractivity contribution in [3.63, 3.8) is 0 Å². The van der Waals surface area contributed by atoms with E-state index in [0.29, 0.717) is 16.6 Å². The van der Waals surface area contributed by atoms with Crippen LogP contribution in [0.15, 0.2) is 18.2 Å². The molecule has 1 aliphatic carbocycles. The minimum Gasteiger partial charge on any atom is -0.373 e. The minimum atomic E-state index is -0.392. The molecule has 0 spiro atoms. The number of halogens is 1. The molecule has 1 aromatic carbocycles. The van der Waals surface area contributed by atoms with Crippen LogP contribution in [0, 0.1) is 10.1 Å². The number of hydrogen-bond donors (Lipinski definition) is 1. The molecule has 1 N–H and O–H groups in total. The molecule has 0 saturated heterocycles. The van der Waals surface area contributed by atoms with Gasteiger partial charge in [0.15, 0.2) is 0 Å². The highest BCUT2D eigenvalue weighted by molar-refractivity contribution is 6.30. The molecule has 0 unspecified atom stereocenters. The molecule has 0 amide bonds. The standard InChI is InChI=1S/C15H21ClN2O3/c1-2-17-13-4-6-14(7-5-13)21-10-11-9-12(16)3-8-15(11)18(19)20/h3,8-9,13-14,17H,2,4-7,10H2,1H3. The number of nitrogens with zero attached hydrogens (tertiary/aromatic N) is 1. The molecule has 0 atom stereocenters. The van der Waals surface area contributed by atoms with Gasteiger partial charge in [0.05, 0.1) is 23.2 Å². The Balaban J connectivity index is 1.89. The fraction of sp³-hybridized carbons (Fsp3) is 0.600. The van der Waals surface area contributed by atoms with Crippen LogP contribution >= 0.6 is 11.6 Å². The molecule has 1 saturated carbocycles. The summed E-state index contributed by atoms with van der Waals surface area (Å²) in [5, 5.41) is 14.9. The maximum absolute atomic E-state index is 11.0. The third-order valence-electron chi connectivity index (χ3n) is 3.88. The molecule has 0 radical (unpaired) electrons. The summed E-state index contributed by atoms with van der Waals surface area (Å²) in [6.45, 7) is 3.35. The molecule has 1 fully saturated rings. The first kappa shape index (κ1) is 16.2. The Hall–Kier alpha value is -1.17. The van der Waals surface area contributed by atoms with Gasteiger partial charge in [-0.2, -0.15) is 0 Å². The van der Waals surface area contributed by atoms with Gasteiger partial charge in [-0.25, -0.2) is 0 Å². The van der Waals surface area contributed by atoms with Gasteiger partial charge in [-0.1, -0.05) is 18.5 Å². The second-order valence-electron chi connectivity index (χ2n) is 5.37. The molecule has 0 aromatic heterocycles. The number of benzene rings is 1. The molecule has 0 heterocycles. The molecule has 6 heteroatoms. The van der Waals surface area contributed by atoms with E-state index >= 15 is 0 Å². The lowest BCUT2D eigenvalue weighted by molar-refractivity contribution is -0.386. The van der Waals surface area contributed by atoms with E-state index in [2.05, 4.69) is 12.2 Å². The number of nitro groups is 1. The largest absolute Gasteiger partial charge is 0.373 e. The van der Waals surface area contributed by atoms with Crippen molar-refractivity contribution in [1.29, 1.82) is 0 Å². The van der Waals surface area contributed by atoms with E-state index in [1.54, 1.807) is 6.07 Å². The zero-order valence-corrected chi connectivity index (χ0v) is 12.9. The van der Waals surface area contributed by atoms with Gasteiger partial charge in [0.1, 0.15) is 0 Å². The smallest absolute Gasteiger partial charge is 0.275 e. The van der Waals surface area contributed by atoms with E-state index < -0.39 is 4.92 Å². The Morgan fingerprint density at radius 3 is 2.71 bits per heavy atom. The predicted octanol–water partition coefficient (Wildman–Crippen LogP) is 3.69. The van der Waals surface area contributed by atoms with Crippen molar-refractivity contribution in [2.75, 3.05) is 6.54 Å². The van der Waals surface area contributed by atoms with Crippen LogP contribution in [0.5, 0.6) is 0 Å². The Labute approximate surface area is 129 Å². The van der Waals surface area contributed by atoms with E-state index in [9.17, 15) is 10.1 Å². The topological polar surface area (TPSA) is 64.4 Å². The monoisotopic (exact) mass is 312 g/mol. The Morgan fingerprint density at radius 2 is 2.10 bits per heavy atom. The molecule has 0 aliphatic heterocycles. The molecule has 1 aromatic rings. The van der Waals surface area contributed by atoms with Gasteiger partial charge in [-0.15, -0.1) is 0 Å². The zero-order chi connectivity index (χ0) is 15.2. The molecule has 1 aliphatic rings. The third-order valence-corrected chi connectivity index (χ3v) is 4.11. The Morgan fingerprint density at radius 1 is 1.38 bits per heavy atom. The molecule has 21 heavy (non-hydrogen) atoms. The maximum atomic E-state index is 11.0. The first-order valence-corrected chi connectivity index (χ1v) is 7.75. The normalized spacial score (nSPS) is 22.2. The lowest BCUT2D eigenvalue weighted by atomic mass is 9.93. The number of ether oxygens (including phenoxy) is 1. The van der Waals surface area contributed by atoms with Crippen LogP contribution in [-0.4, -0.2) is 23.6 Å². The first-order valence-electron chi connectivity index (χ1n) is 7.38. The summed E-state index contributed by atoms with van der Waals surface area (Å²) in [6.07, 6.45) is 4.35. The van der Waals surface area contributed by atoms with Gasteiger partial charge in [0.2, 0.25) is 0 Å². The van der Waals surface area contributed by atoms with Gasteiger partial charge in [0, 0.05) is 17.1 Å². The molecule has 0 bridgehead atoms. The fourth-order valence-electron chi connectivity index (χ4n) is 2.78. The summed E-state index contributed by atoms with van der Waals surface area (Å²) in [7, 11) is 0. The van der Waals surface area contributed by atoms with Gasteiger partial charge >= 0.3 is 0 Å². The Bertz CT molecular complexity index is 488. The molecule has 5 nitrogen and oxygen atoms in total. The molecule has 2 rings (SSSR count). The highest BCUT2D eigenvalue weighted by atomic mass is 35.5. The van der Waals surface area contributed by atoms with Crippen molar-refractivity contribution < 1.29 is 9.66 Å². The summed E-state index contributed by atoms with van der Waals surface area (Å²) >= 11 is 5.91. The average Bonchev–Trinajstić information content (AvgIpc) is 2.46. The summed E-state index contributed by atoms with van der Waals surface area (Å²) in [5.74, 6) is 0. The van der Waals surface area contributed by atoms with Crippen LogP contribution in [0.4, 0.5) is 5.69 Å². The summed E-state index contributed by atoms with van der Waals surface area (Å²) in [5.41, 5.74) is 0.613. The number of nitro benzene ring substituents is 1. The lowest BCUT2D eigenvalue weighted by Crippen LogP contribution is -2.35. The summed E-state index contributed by atoms with van der Waals surface area (Å²) in [4.78, 5) is 10.6. The van der Waals surface area contributed by atoms with Crippen molar-refractivity contribution >= 4 is 17.3 Å². The maximum Gasteiger partial charge on any atom is 0.275 e. The highest BCUT2D eigenvalue weighted by Crippen LogP contribution is 2.26. The van der Waals surface area contributed by atoms with Crippen LogP contribution in [0.3, 0.4) is 0 Å². The van der Waals surface area contributed by atoms with Crippen LogP contribution in [0.2, 0.25) is 5.02 Å². The van der Waals surface area contributed by atoms with Crippen LogP contribution in [-0.2, 0) is 11.3 Å². The van der Waals surface area contributed by atoms with Gasteiger partial charge in [0.25, 0.3) is 5.69 Å². The molecular weight excluding hydrogens is 292 g/mol. The second-order valence-corrected chi connectivity index (χ2v) is 5.81. The molecule has 116 valence electrons. The molecular formula is C15H21ClN2O3. The Kier molecular flexibility index (Phi) is 5.96. The lowest BCUT2D eigenvalue weighted by Gasteiger charge is -2.29. The van der Waals surface area contributed by atoms with Crippen LogP contribution in [0.25, 0.3) is 0 Å². The highest BCUT2D eigenvalue weighted by Gasteiger charge is 2.22. The quantitative estimate of drug-likeness (QED) is 0.643. The zero-order valence-electron chi connectivity index (χ0n) is 12.2. The summed E-state index contributed by atoms with van der Waals surface area (Å²) in [6, 6.07) is 5.16. The second kappa shape index (κ2) is 7.73. The van der Waals surface area contributed by atoms with Crippen LogP contribution < -0.4 is 5.32 Å². The van der Waals surface area contributed by atoms with Gasteiger partial charge in [-0.05, 0) is 44.4 Å². The minimum absolute atomic E-state index is 0.0701. The van der Waals surface area contributed by atoms with Crippen molar-refractivity contribution in [2.24, 2.45) is 0 Å². The fourth-order valence-corrected chi connectivity index (χ4v) is 2.97. The average molecular weight is 313 g/mol. The van der Waals surface area contributed by atoms with Crippen molar-refractivity contribution in [1.82, 2.24) is 5.32 Å². The van der Waals surface area contributed by atoms with E-state index in [0.717, 1.165) is 32.2 Å². The van der Waals surface area contributed by atoms with Gasteiger partial charge in [-0.3, -0.25) is 10.1 Å². The number of rotatable bonds is 6. The number of nitrogens with one attached hydrogen (secondary N) is 1. The van der Waals surface area contributed by atoms with E-state index in [4.69, 9.17) is 16.3 Å². The van der Waals surface area contributed by atoms with E-state index in [1.165, 1.54) is 12.1 Å².